The lowest BCUT2D eigenvalue weighted by atomic mass is 9.85. The fourth-order valence-corrected chi connectivity index (χ4v) is 8.12. The number of likely N-dealkylation sites (tertiary alicyclic amines) is 1. The molecule has 62 heavy (non-hydrogen) atoms. The fourth-order valence-electron chi connectivity index (χ4n) is 7.31. The van der Waals surface area contributed by atoms with Crippen LogP contribution < -0.4 is 25.4 Å². The van der Waals surface area contributed by atoms with Crippen LogP contribution in [0.15, 0.2) is 103 Å². The Morgan fingerprint density at radius 2 is 1.73 bits per heavy atom. The average Bonchev–Trinajstić information content (AvgIpc) is 4.08. The number of nitrogens with one attached hydrogen (secondary N) is 4. The molecule has 15 heteroatoms. The Labute approximate surface area is 364 Å². The first-order chi connectivity index (χ1) is 29.9. The molecule has 1 saturated heterocycles. The minimum absolute atomic E-state index is 0.0111. The number of thiazole rings is 1. The Balaban J connectivity index is 0.917. The number of pyridine rings is 1. The number of anilines is 1. The van der Waals surface area contributed by atoms with Crippen molar-refractivity contribution in [2.45, 2.75) is 65.6 Å². The zero-order valence-corrected chi connectivity index (χ0v) is 36.2. The highest BCUT2D eigenvalue weighted by molar-refractivity contribution is 7.13. The van der Waals surface area contributed by atoms with Crippen LogP contribution in [-0.2, 0) is 20.9 Å². The molecule has 1 aliphatic heterocycles. The molecule has 3 aromatic carbocycles. The number of aryl methyl sites for hydroxylation is 1. The zero-order chi connectivity index (χ0) is 43.8. The SMILES string of the molecule is COc1cc(-c2cccc(OCCC(=O)N[C@H](C(=O)N3CCC[C@H]3C(=O)NCc3ccc(-c4scnc4C)cc3)C(C)(C)C)c2)ccc1NC(=O)c1cccc(-c2ccn[nH]2)n1. The van der Waals surface area contributed by atoms with Crippen molar-refractivity contribution in [1.29, 1.82) is 0 Å². The molecule has 1 aliphatic rings. The topological polar surface area (TPSA) is 181 Å². The monoisotopic (exact) mass is 854 g/mol. The molecular formula is C47H50N8O6S. The van der Waals surface area contributed by atoms with E-state index in [-0.39, 0.29) is 36.4 Å². The van der Waals surface area contributed by atoms with Crippen molar-refractivity contribution in [2.24, 2.45) is 5.41 Å². The minimum atomic E-state index is -0.847. The van der Waals surface area contributed by atoms with E-state index in [1.165, 1.54) is 7.11 Å². The number of methoxy groups -OCH3 is 1. The van der Waals surface area contributed by atoms with Gasteiger partial charge in [-0.3, -0.25) is 24.3 Å². The summed E-state index contributed by atoms with van der Waals surface area (Å²) in [4.78, 5) is 65.5. The van der Waals surface area contributed by atoms with E-state index in [0.717, 1.165) is 32.8 Å². The number of amides is 4. The van der Waals surface area contributed by atoms with Crippen LogP contribution in [0.5, 0.6) is 11.5 Å². The first-order valence-electron chi connectivity index (χ1n) is 20.4. The summed E-state index contributed by atoms with van der Waals surface area (Å²) >= 11 is 1.59. The molecular weight excluding hydrogens is 805 g/mol. The predicted octanol–water partition coefficient (Wildman–Crippen LogP) is 7.44. The Morgan fingerprint density at radius 1 is 0.952 bits per heavy atom. The fraction of sp³-hybridized carbons (Fsp3) is 0.298. The molecule has 6 aromatic rings. The molecule has 0 spiro atoms. The summed E-state index contributed by atoms with van der Waals surface area (Å²) < 4.78 is 11.7. The maximum absolute atomic E-state index is 14.1. The molecule has 4 heterocycles. The van der Waals surface area contributed by atoms with Gasteiger partial charge in [0.25, 0.3) is 5.91 Å². The van der Waals surface area contributed by atoms with E-state index < -0.39 is 23.4 Å². The molecule has 0 aliphatic carbocycles. The third-order valence-electron chi connectivity index (χ3n) is 10.7. The van der Waals surface area contributed by atoms with Crippen LogP contribution in [0.4, 0.5) is 5.69 Å². The molecule has 0 saturated carbocycles. The summed E-state index contributed by atoms with van der Waals surface area (Å²) in [6.07, 6.45) is 2.87. The van der Waals surface area contributed by atoms with Crippen LogP contribution >= 0.6 is 11.3 Å². The largest absolute Gasteiger partial charge is 0.495 e. The summed E-state index contributed by atoms with van der Waals surface area (Å²) in [5, 5.41) is 15.7. The van der Waals surface area contributed by atoms with Gasteiger partial charge in [-0.25, -0.2) is 9.97 Å². The van der Waals surface area contributed by atoms with Crippen molar-refractivity contribution >= 4 is 40.7 Å². The zero-order valence-electron chi connectivity index (χ0n) is 35.4. The predicted molar refractivity (Wildman–Crippen MR) is 239 cm³/mol. The standard InChI is InChI=1S/C47H50N8O6S/c1-29-42(62-28-49-29)31-16-14-30(15-17-31)27-48-45(58)39-13-8-23-55(39)46(59)43(47(2,3)4)53-41(56)21-24-61-34-10-6-9-32(25-34)33-18-19-37(40(26-33)60-5)52-44(57)38-12-7-11-35(51-38)36-20-22-50-54-36/h6-7,9-12,14-20,22,25-26,28,39,43H,8,13,21,23-24,27H2,1-5H3,(H,48,58)(H,50,54)(H,52,57)(H,53,56)/t39-,43+/m0/s1. The summed E-state index contributed by atoms with van der Waals surface area (Å²) in [5.74, 6) is -0.215. The quantitative estimate of drug-likeness (QED) is 0.0817. The number of ether oxygens (including phenoxy) is 2. The Morgan fingerprint density at radius 3 is 2.45 bits per heavy atom. The van der Waals surface area contributed by atoms with Gasteiger partial charge in [-0.2, -0.15) is 5.10 Å². The summed E-state index contributed by atoms with van der Waals surface area (Å²) in [6.45, 7) is 8.52. The number of nitrogens with zero attached hydrogens (tertiary/aromatic N) is 4. The van der Waals surface area contributed by atoms with Crippen molar-refractivity contribution in [2.75, 3.05) is 25.6 Å². The van der Waals surface area contributed by atoms with Crippen LogP contribution in [0, 0.1) is 12.3 Å². The van der Waals surface area contributed by atoms with Gasteiger partial charge >= 0.3 is 0 Å². The molecule has 2 atom stereocenters. The smallest absolute Gasteiger partial charge is 0.274 e. The van der Waals surface area contributed by atoms with Crippen molar-refractivity contribution in [3.05, 3.63) is 120 Å². The number of hydrogen-bond acceptors (Lipinski definition) is 10. The van der Waals surface area contributed by atoms with E-state index in [1.54, 1.807) is 58.8 Å². The molecule has 7 rings (SSSR count). The Bertz CT molecular complexity index is 2530. The normalized spacial score (nSPS) is 14.2. The van der Waals surface area contributed by atoms with Crippen molar-refractivity contribution < 1.29 is 28.7 Å². The summed E-state index contributed by atoms with van der Waals surface area (Å²) in [6, 6.07) is 26.4. The van der Waals surface area contributed by atoms with E-state index >= 15 is 0 Å². The number of carbonyl (C=O) groups is 4. The number of aromatic amines is 1. The molecule has 0 radical (unpaired) electrons. The highest BCUT2D eigenvalue weighted by atomic mass is 32.1. The molecule has 0 bridgehead atoms. The van der Waals surface area contributed by atoms with Gasteiger partial charge in [-0.05, 0) is 89.9 Å². The van der Waals surface area contributed by atoms with Gasteiger partial charge < -0.3 is 30.3 Å². The third-order valence-corrected chi connectivity index (χ3v) is 11.6. The molecule has 1 fully saturated rings. The molecule has 4 amide bonds. The van der Waals surface area contributed by atoms with Crippen LogP contribution in [0.2, 0.25) is 0 Å². The van der Waals surface area contributed by atoms with E-state index in [2.05, 4.69) is 36.1 Å². The van der Waals surface area contributed by atoms with Crippen molar-refractivity contribution in [3.8, 4) is 44.5 Å². The van der Waals surface area contributed by atoms with Crippen LogP contribution in [0.25, 0.3) is 33.0 Å². The van der Waals surface area contributed by atoms with Crippen LogP contribution in [0.3, 0.4) is 0 Å². The Kier molecular flexibility index (Phi) is 13.4. The lowest BCUT2D eigenvalue weighted by Gasteiger charge is -2.35. The lowest BCUT2D eigenvalue weighted by Crippen LogP contribution is -2.57. The summed E-state index contributed by atoms with van der Waals surface area (Å²) in [5.41, 5.74) is 7.88. The van der Waals surface area contributed by atoms with E-state index in [4.69, 9.17) is 9.47 Å². The van der Waals surface area contributed by atoms with Crippen molar-refractivity contribution in [1.82, 2.24) is 35.7 Å². The van der Waals surface area contributed by atoms with Crippen molar-refractivity contribution in [3.63, 3.8) is 0 Å². The molecule has 3 aromatic heterocycles. The number of rotatable bonds is 15. The van der Waals surface area contributed by atoms with Gasteiger partial charge in [0.05, 0.1) is 53.3 Å². The molecule has 0 unspecified atom stereocenters. The third kappa shape index (κ3) is 10.3. The van der Waals surface area contributed by atoms with Crippen LogP contribution in [0.1, 0.15) is 61.8 Å². The van der Waals surface area contributed by atoms with E-state index in [1.807, 2.05) is 87.8 Å². The second kappa shape index (κ2) is 19.2. The minimum Gasteiger partial charge on any atom is -0.495 e. The highest BCUT2D eigenvalue weighted by Gasteiger charge is 2.41. The van der Waals surface area contributed by atoms with Gasteiger partial charge in [0.2, 0.25) is 17.7 Å². The second-order valence-electron chi connectivity index (χ2n) is 16.1. The van der Waals surface area contributed by atoms with E-state index in [0.29, 0.717) is 54.5 Å². The van der Waals surface area contributed by atoms with Gasteiger partial charge in [0, 0.05) is 19.3 Å². The van der Waals surface area contributed by atoms with Gasteiger partial charge in [0.1, 0.15) is 29.3 Å². The molecule has 320 valence electrons. The van der Waals surface area contributed by atoms with Crippen LogP contribution in [-0.4, -0.2) is 81.0 Å². The second-order valence-corrected chi connectivity index (χ2v) is 17.0. The first kappa shape index (κ1) is 43.2. The maximum atomic E-state index is 14.1. The number of hydrogen-bond donors (Lipinski definition) is 4. The van der Waals surface area contributed by atoms with Gasteiger partial charge in [-0.15, -0.1) is 11.3 Å². The number of benzene rings is 3. The molecule has 14 nitrogen and oxygen atoms in total. The first-order valence-corrected chi connectivity index (χ1v) is 21.3. The number of H-pyrrole nitrogens is 1. The van der Waals surface area contributed by atoms with Gasteiger partial charge in [0.15, 0.2) is 0 Å². The number of carbonyl (C=O) groups excluding carboxylic acids is 4. The highest BCUT2D eigenvalue weighted by Crippen LogP contribution is 2.33. The van der Waals surface area contributed by atoms with Gasteiger partial charge in [-0.1, -0.05) is 69.3 Å². The lowest BCUT2D eigenvalue weighted by molar-refractivity contribution is -0.144. The van der Waals surface area contributed by atoms with E-state index in [9.17, 15) is 19.2 Å². The molecule has 4 N–H and O–H groups in total. The number of aromatic nitrogens is 4. The average molecular weight is 855 g/mol. The maximum Gasteiger partial charge on any atom is 0.274 e. The summed E-state index contributed by atoms with van der Waals surface area (Å²) in [7, 11) is 1.53. The Hall–Kier alpha value is -6.87.